The highest BCUT2D eigenvalue weighted by atomic mass is 35.5. The molecule has 0 atom stereocenters. The highest BCUT2D eigenvalue weighted by Crippen LogP contribution is 2.42. The summed E-state index contributed by atoms with van der Waals surface area (Å²) in [6.45, 7) is 1.48. The van der Waals surface area contributed by atoms with Gasteiger partial charge in [0.25, 0.3) is 0 Å². The third-order valence-corrected chi connectivity index (χ3v) is 4.93. The number of carboxylic acids is 1. The van der Waals surface area contributed by atoms with E-state index in [1.54, 1.807) is 6.07 Å². The van der Waals surface area contributed by atoms with E-state index in [0.29, 0.717) is 17.9 Å². The first-order chi connectivity index (χ1) is 8.14. The van der Waals surface area contributed by atoms with Crippen molar-refractivity contribution in [2.75, 3.05) is 13.1 Å². The summed E-state index contributed by atoms with van der Waals surface area (Å²) in [4.78, 5) is 12.3. The van der Waals surface area contributed by atoms with Gasteiger partial charge in [0, 0.05) is 4.90 Å². The molecule has 1 aliphatic heterocycles. The third-order valence-electron chi connectivity index (χ3n) is 2.94. The lowest BCUT2D eigenvalue weighted by atomic mass is 9.97. The van der Waals surface area contributed by atoms with Crippen molar-refractivity contribution in [3.8, 4) is 0 Å². The van der Waals surface area contributed by atoms with E-state index in [9.17, 15) is 9.90 Å². The van der Waals surface area contributed by atoms with E-state index in [-0.39, 0.29) is 0 Å². The van der Waals surface area contributed by atoms with Crippen LogP contribution in [0.5, 0.6) is 0 Å². The Balaban J connectivity index is 2.24. The number of hydrogen-bond acceptors (Lipinski definition) is 3. The van der Waals surface area contributed by atoms with E-state index in [4.69, 9.17) is 11.6 Å². The lowest BCUT2D eigenvalue weighted by molar-refractivity contribution is -0.140. The fourth-order valence-electron chi connectivity index (χ4n) is 1.93. The molecule has 0 spiro atoms. The normalized spacial score (nSPS) is 18.9. The minimum Gasteiger partial charge on any atom is -0.480 e. The summed E-state index contributed by atoms with van der Waals surface area (Å²) >= 11 is 7.46. The number of thioether (sulfide) groups is 1. The molecule has 0 unspecified atom stereocenters. The topological polar surface area (TPSA) is 49.3 Å². The average Bonchev–Trinajstić information content (AvgIpc) is 2.33. The number of piperidine rings is 1. The number of benzene rings is 1. The van der Waals surface area contributed by atoms with E-state index in [2.05, 4.69) is 5.32 Å². The Labute approximate surface area is 110 Å². The van der Waals surface area contributed by atoms with Gasteiger partial charge in [-0.1, -0.05) is 23.7 Å². The molecule has 0 aliphatic carbocycles. The van der Waals surface area contributed by atoms with Gasteiger partial charge in [-0.2, -0.15) is 0 Å². The van der Waals surface area contributed by atoms with Gasteiger partial charge in [-0.25, -0.2) is 0 Å². The SMILES string of the molecule is O=C(O)C1(Sc2ccccc2Cl)CCNCC1. The Hall–Kier alpha value is -0.710. The second-order valence-electron chi connectivity index (χ2n) is 4.08. The summed E-state index contributed by atoms with van der Waals surface area (Å²) < 4.78 is -0.740. The summed E-state index contributed by atoms with van der Waals surface area (Å²) in [5.74, 6) is -0.746. The van der Waals surface area contributed by atoms with Crippen molar-refractivity contribution in [1.29, 1.82) is 0 Å². The van der Waals surface area contributed by atoms with Crippen molar-refractivity contribution in [3.05, 3.63) is 29.3 Å². The maximum absolute atomic E-state index is 11.5. The van der Waals surface area contributed by atoms with Crippen LogP contribution in [0, 0.1) is 0 Å². The molecule has 92 valence electrons. The van der Waals surface area contributed by atoms with Gasteiger partial charge >= 0.3 is 5.97 Å². The van der Waals surface area contributed by atoms with Gasteiger partial charge in [-0.15, -0.1) is 11.8 Å². The minimum absolute atomic E-state index is 0.622. The number of hydrogen-bond donors (Lipinski definition) is 2. The lowest BCUT2D eigenvalue weighted by Crippen LogP contribution is -2.45. The fraction of sp³-hybridized carbons (Fsp3) is 0.417. The van der Waals surface area contributed by atoms with Crippen LogP contribution in [0.4, 0.5) is 0 Å². The zero-order valence-corrected chi connectivity index (χ0v) is 10.9. The molecule has 0 aromatic heterocycles. The fourth-order valence-corrected chi connectivity index (χ4v) is 3.41. The maximum atomic E-state index is 11.5. The minimum atomic E-state index is -0.746. The van der Waals surface area contributed by atoms with Gasteiger partial charge in [0.05, 0.1) is 5.02 Å². The van der Waals surface area contributed by atoms with E-state index >= 15 is 0 Å². The van der Waals surface area contributed by atoms with E-state index in [0.717, 1.165) is 18.0 Å². The molecule has 0 saturated carbocycles. The first kappa shape index (κ1) is 12.7. The second-order valence-corrected chi connectivity index (χ2v) is 5.91. The summed E-state index contributed by atoms with van der Waals surface area (Å²) in [7, 11) is 0. The molecule has 17 heavy (non-hydrogen) atoms. The lowest BCUT2D eigenvalue weighted by Gasteiger charge is -2.33. The monoisotopic (exact) mass is 271 g/mol. The molecule has 1 saturated heterocycles. The van der Waals surface area contributed by atoms with E-state index < -0.39 is 10.7 Å². The van der Waals surface area contributed by atoms with E-state index in [1.807, 2.05) is 18.2 Å². The number of carboxylic acid groups (broad SMARTS) is 1. The molecule has 0 amide bonds. The molecule has 1 aromatic rings. The average molecular weight is 272 g/mol. The zero-order valence-electron chi connectivity index (χ0n) is 9.28. The molecule has 0 bridgehead atoms. The van der Waals surface area contributed by atoms with Crippen molar-refractivity contribution in [2.24, 2.45) is 0 Å². The van der Waals surface area contributed by atoms with Gasteiger partial charge in [0.2, 0.25) is 0 Å². The summed E-state index contributed by atoms with van der Waals surface area (Å²) in [6, 6.07) is 7.40. The Morgan fingerprint density at radius 3 is 2.59 bits per heavy atom. The highest BCUT2D eigenvalue weighted by molar-refractivity contribution is 8.01. The smallest absolute Gasteiger partial charge is 0.320 e. The molecule has 1 aliphatic rings. The van der Waals surface area contributed by atoms with Gasteiger partial charge < -0.3 is 10.4 Å². The predicted octanol–water partition coefficient (Wildman–Crippen LogP) is 2.64. The van der Waals surface area contributed by atoms with Gasteiger partial charge in [-0.05, 0) is 38.1 Å². The van der Waals surface area contributed by atoms with Gasteiger partial charge in [0.1, 0.15) is 4.75 Å². The Morgan fingerprint density at radius 2 is 2.00 bits per heavy atom. The quantitative estimate of drug-likeness (QED) is 0.887. The summed E-state index contributed by atoms with van der Waals surface area (Å²) in [5, 5.41) is 13.3. The molecule has 1 aromatic carbocycles. The Kier molecular flexibility index (Phi) is 3.97. The molecular formula is C12H14ClNO2S. The van der Waals surface area contributed by atoms with Crippen molar-refractivity contribution in [2.45, 2.75) is 22.5 Å². The number of aliphatic carboxylic acids is 1. The molecule has 5 heteroatoms. The van der Waals surface area contributed by atoms with Crippen LogP contribution in [0.3, 0.4) is 0 Å². The standard InChI is InChI=1S/C12H14ClNO2S/c13-9-3-1-2-4-10(9)17-12(11(15)16)5-7-14-8-6-12/h1-4,14H,5-8H2,(H,15,16). The molecule has 2 N–H and O–H groups in total. The van der Waals surface area contributed by atoms with Crippen LogP contribution < -0.4 is 5.32 Å². The van der Waals surface area contributed by atoms with E-state index in [1.165, 1.54) is 11.8 Å². The Morgan fingerprint density at radius 1 is 1.35 bits per heavy atom. The van der Waals surface area contributed by atoms with Crippen LogP contribution in [0.15, 0.2) is 29.2 Å². The van der Waals surface area contributed by atoms with Crippen molar-refractivity contribution < 1.29 is 9.90 Å². The summed E-state index contributed by atoms with van der Waals surface area (Å²) in [5.41, 5.74) is 0. The molecular weight excluding hydrogens is 258 g/mol. The first-order valence-corrected chi connectivity index (χ1v) is 6.71. The maximum Gasteiger partial charge on any atom is 0.320 e. The third kappa shape index (κ3) is 2.76. The Bertz CT molecular complexity index is 419. The predicted molar refractivity (Wildman–Crippen MR) is 69.8 cm³/mol. The van der Waals surface area contributed by atoms with Crippen LogP contribution in [-0.2, 0) is 4.79 Å². The zero-order chi connectivity index (χ0) is 12.3. The van der Waals surface area contributed by atoms with Crippen molar-refractivity contribution in [1.82, 2.24) is 5.32 Å². The number of rotatable bonds is 3. The number of halogens is 1. The van der Waals surface area contributed by atoms with Gasteiger partial charge in [-0.3, -0.25) is 4.79 Å². The molecule has 2 rings (SSSR count). The van der Waals surface area contributed by atoms with Gasteiger partial charge in [0.15, 0.2) is 0 Å². The number of nitrogens with one attached hydrogen (secondary N) is 1. The van der Waals surface area contributed by atoms with Crippen LogP contribution in [0.2, 0.25) is 5.02 Å². The second kappa shape index (κ2) is 5.29. The van der Waals surface area contributed by atoms with Crippen LogP contribution in [0.25, 0.3) is 0 Å². The summed E-state index contributed by atoms with van der Waals surface area (Å²) in [6.07, 6.45) is 1.25. The molecule has 1 fully saturated rings. The van der Waals surface area contributed by atoms with Crippen molar-refractivity contribution in [3.63, 3.8) is 0 Å². The molecule has 0 radical (unpaired) electrons. The van der Waals surface area contributed by atoms with Crippen LogP contribution in [-0.4, -0.2) is 28.9 Å². The largest absolute Gasteiger partial charge is 0.480 e. The number of carbonyl (C=O) groups is 1. The van der Waals surface area contributed by atoms with Crippen LogP contribution in [0.1, 0.15) is 12.8 Å². The molecule has 3 nitrogen and oxygen atoms in total. The first-order valence-electron chi connectivity index (χ1n) is 5.52. The highest BCUT2D eigenvalue weighted by Gasteiger charge is 2.41. The van der Waals surface area contributed by atoms with Crippen molar-refractivity contribution >= 4 is 29.3 Å². The molecule has 1 heterocycles. The van der Waals surface area contributed by atoms with Crippen LogP contribution >= 0.6 is 23.4 Å².